The van der Waals surface area contributed by atoms with Crippen molar-refractivity contribution >= 4 is 23.3 Å². The van der Waals surface area contributed by atoms with Gasteiger partial charge in [-0.05, 0) is 31.0 Å². The Balaban J connectivity index is 1.87. The molecule has 6 nitrogen and oxygen atoms in total. The number of unbranched alkanes of at least 4 members (excludes halogenated alkanes) is 1. The summed E-state index contributed by atoms with van der Waals surface area (Å²) >= 11 is 5.97. The lowest BCUT2D eigenvalue weighted by Gasteiger charge is -2.33. The number of aliphatic hydroxyl groups excluding tert-OH is 1. The third kappa shape index (κ3) is 4.62. The van der Waals surface area contributed by atoms with Crippen LogP contribution in [-0.4, -0.2) is 51.2 Å². The zero-order valence-electron chi connectivity index (χ0n) is 16.1. The van der Waals surface area contributed by atoms with Gasteiger partial charge in [0.05, 0.1) is 18.3 Å². The van der Waals surface area contributed by atoms with Gasteiger partial charge in [0.25, 0.3) is 5.91 Å². The van der Waals surface area contributed by atoms with Crippen LogP contribution in [0.25, 0.3) is 11.3 Å². The standard InChI is InChI=1S/C21H26ClN3O3/c1-2-3-5-17-13-24(14-18(27)6-4-11-26)21(28)20-12-19(23-25(17)20)15-7-9-16(22)10-8-15/h7-10,12,17,26H,2-6,11,13-14H2,1H3. The van der Waals surface area contributed by atoms with Crippen LogP contribution < -0.4 is 0 Å². The van der Waals surface area contributed by atoms with E-state index in [-0.39, 0.29) is 37.3 Å². The number of fused-ring (bicyclic) bond motifs is 1. The Morgan fingerprint density at radius 1 is 1.29 bits per heavy atom. The molecule has 1 aliphatic rings. The van der Waals surface area contributed by atoms with Crippen molar-refractivity contribution in [1.82, 2.24) is 14.7 Å². The molecular formula is C21H26ClN3O3. The molecule has 0 saturated carbocycles. The van der Waals surface area contributed by atoms with Crippen molar-refractivity contribution in [2.45, 2.75) is 45.1 Å². The largest absolute Gasteiger partial charge is 0.396 e. The summed E-state index contributed by atoms with van der Waals surface area (Å²) < 4.78 is 1.83. The van der Waals surface area contributed by atoms with Crippen molar-refractivity contribution in [3.05, 3.63) is 41.0 Å². The van der Waals surface area contributed by atoms with E-state index >= 15 is 0 Å². The van der Waals surface area contributed by atoms with E-state index in [9.17, 15) is 9.59 Å². The highest BCUT2D eigenvalue weighted by molar-refractivity contribution is 6.30. The van der Waals surface area contributed by atoms with E-state index in [1.54, 1.807) is 23.1 Å². The van der Waals surface area contributed by atoms with E-state index in [0.29, 0.717) is 23.7 Å². The quantitative estimate of drug-likeness (QED) is 0.692. The van der Waals surface area contributed by atoms with Crippen LogP contribution in [0.5, 0.6) is 0 Å². The first-order valence-corrected chi connectivity index (χ1v) is 10.2. The lowest BCUT2D eigenvalue weighted by molar-refractivity contribution is -0.120. The normalized spacial score (nSPS) is 16.3. The van der Waals surface area contributed by atoms with Crippen molar-refractivity contribution in [1.29, 1.82) is 0 Å². The molecule has 1 aromatic heterocycles. The van der Waals surface area contributed by atoms with Crippen LogP contribution in [0, 0.1) is 0 Å². The summed E-state index contributed by atoms with van der Waals surface area (Å²) in [6.45, 7) is 2.69. The minimum absolute atomic E-state index is 0.0178. The molecule has 0 bridgehead atoms. The predicted molar refractivity (Wildman–Crippen MR) is 108 cm³/mol. The lowest BCUT2D eigenvalue weighted by atomic mass is 10.1. The van der Waals surface area contributed by atoms with Crippen molar-refractivity contribution in [3.8, 4) is 11.3 Å². The molecule has 1 atom stereocenters. The zero-order chi connectivity index (χ0) is 20.1. The smallest absolute Gasteiger partial charge is 0.272 e. The molecule has 1 unspecified atom stereocenters. The van der Waals surface area contributed by atoms with E-state index in [4.69, 9.17) is 21.8 Å². The monoisotopic (exact) mass is 403 g/mol. The van der Waals surface area contributed by atoms with Crippen molar-refractivity contribution in [2.75, 3.05) is 19.7 Å². The van der Waals surface area contributed by atoms with Crippen LogP contribution in [0.3, 0.4) is 0 Å². The van der Waals surface area contributed by atoms with Gasteiger partial charge in [-0.25, -0.2) is 0 Å². The SMILES string of the molecule is CCCCC1CN(CC(=O)CCCO)C(=O)c2cc(-c3ccc(Cl)cc3)nn21. The van der Waals surface area contributed by atoms with Gasteiger partial charge in [0, 0.05) is 30.2 Å². The zero-order valence-corrected chi connectivity index (χ0v) is 16.9. The first kappa shape index (κ1) is 20.6. The number of nitrogens with zero attached hydrogens (tertiary/aromatic N) is 3. The minimum Gasteiger partial charge on any atom is -0.396 e. The number of amides is 1. The molecule has 7 heteroatoms. The number of halogens is 1. The number of carbonyl (C=O) groups excluding carboxylic acids is 2. The molecule has 0 saturated heterocycles. The number of hydrogen-bond donors (Lipinski definition) is 1. The predicted octanol–water partition coefficient (Wildman–Crippen LogP) is 3.73. The Bertz CT molecular complexity index is 832. The molecular weight excluding hydrogens is 378 g/mol. The molecule has 1 amide bonds. The lowest BCUT2D eigenvalue weighted by Crippen LogP contribution is -2.45. The Kier molecular flexibility index (Phi) is 6.86. The molecule has 0 radical (unpaired) electrons. The Hall–Kier alpha value is -2.18. The molecule has 0 aliphatic carbocycles. The summed E-state index contributed by atoms with van der Waals surface area (Å²) in [6, 6.07) is 9.24. The molecule has 0 spiro atoms. The van der Waals surface area contributed by atoms with Gasteiger partial charge in [-0.2, -0.15) is 5.10 Å². The number of rotatable bonds is 9. The van der Waals surface area contributed by atoms with Crippen molar-refractivity contribution in [3.63, 3.8) is 0 Å². The molecule has 28 heavy (non-hydrogen) atoms. The van der Waals surface area contributed by atoms with Gasteiger partial charge < -0.3 is 10.0 Å². The maximum atomic E-state index is 13.0. The summed E-state index contributed by atoms with van der Waals surface area (Å²) in [6.07, 6.45) is 3.70. The maximum absolute atomic E-state index is 13.0. The molecule has 2 heterocycles. The Labute approximate surface area is 170 Å². The van der Waals surface area contributed by atoms with Gasteiger partial charge in [-0.3, -0.25) is 14.3 Å². The van der Waals surface area contributed by atoms with Crippen molar-refractivity contribution in [2.24, 2.45) is 0 Å². The van der Waals surface area contributed by atoms with Crippen LogP contribution in [0.2, 0.25) is 5.02 Å². The summed E-state index contributed by atoms with van der Waals surface area (Å²) in [5, 5.41) is 14.3. The number of hydrogen-bond acceptors (Lipinski definition) is 4. The van der Waals surface area contributed by atoms with Crippen molar-refractivity contribution < 1.29 is 14.7 Å². The van der Waals surface area contributed by atoms with Crippen LogP contribution in [0.15, 0.2) is 30.3 Å². The van der Waals surface area contributed by atoms with E-state index in [1.807, 2.05) is 16.8 Å². The number of aromatic nitrogens is 2. The van der Waals surface area contributed by atoms with E-state index in [1.165, 1.54) is 0 Å². The number of aliphatic hydroxyl groups is 1. The fourth-order valence-corrected chi connectivity index (χ4v) is 3.65. The summed E-state index contributed by atoms with van der Waals surface area (Å²) in [5.74, 6) is -0.194. The number of Topliss-reactive ketones (excluding diaryl/α,β-unsaturated/α-hetero) is 1. The number of benzene rings is 1. The van der Waals surface area contributed by atoms with Gasteiger partial charge in [-0.1, -0.05) is 43.5 Å². The molecule has 150 valence electrons. The van der Waals surface area contributed by atoms with Gasteiger partial charge in [0.2, 0.25) is 0 Å². The molecule has 1 N–H and O–H groups in total. The van der Waals surface area contributed by atoms with Gasteiger partial charge in [0.15, 0.2) is 5.78 Å². The fourth-order valence-electron chi connectivity index (χ4n) is 3.53. The highest BCUT2D eigenvalue weighted by atomic mass is 35.5. The van der Waals surface area contributed by atoms with E-state index in [2.05, 4.69) is 6.92 Å². The third-order valence-electron chi connectivity index (χ3n) is 5.03. The Morgan fingerprint density at radius 2 is 2.04 bits per heavy atom. The van der Waals surface area contributed by atoms with E-state index < -0.39 is 0 Å². The first-order valence-electron chi connectivity index (χ1n) is 9.80. The molecule has 1 aliphatic heterocycles. The molecule has 3 rings (SSSR count). The average Bonchev–Trinajstić information content (AvgIpc) is 3.14. The van der Waals surface area contributed by atoms with Crippen LogP contribution in [-0.2, 0) is 4.79 Å². The van der Waals surface area contributed by atoms with Gasteiger partial charge >= 0.3 is 0 Å². The molecule has 0 fully saturated rings. The minimum atomic E-state index is -0.169. The fraction of sp³-hybridized carbons (Fsp3) is 0.476. The maximum Gasteiger partial charge on any atom is 0.272 e. The second-order valence-electron chi connectivity index (χ2n) is 7.21. The van der Waals surface area contributed by atoms with Crippen LogP contribution in [0.4, 0.5) is 0 Å². The second-order valence-corrected chi connectivity index (χ2v) is 7.65. The topological polar surface area (TPSA) is 75.4 Å². The average molecular weight is 404 g/mol. The first-order chi connectivity index (χ1) is 13.5. The summed E-state index contributed by atoms with van der Waals surface area (Å²) in [7, 11) is 0. The number of carbonyl (C=O) groups is 2. The number of ketones is 1. The molecule has 2 aromatic rings. The molecule has 1 aromatic carbocycles. The second kappa shape index (κ2) is 9.34. The van der Waals surface area contributed by atoms with Crippen LogP contribution >= 0.6 is 11.6 Å². The van der Waals surface area contributed by atoms with E-state index in [0.717, 1.165) is 30.5 Å². The highest BCUT2D eigenvalue weighted by Gasteiger charge is 2.33. The highest BCUT2D eigenvalue weighted by Crippen LogP contribution is 2.29. The third-order valence-corrected chi connectivity index (χ3v) is 5.28. The van der Waals surface area contributed by atoms with Gasteiger partial charge in [-0.15, -0.1) is 0 Å². The van der Waals surface area contributed by atoms with Crippen LogP contribution in [0.1, 0.15) is 55.6 Å². The summed E-state index contributed by atoms with van der Waals surface area (Å²) in [4.78, 5) is 26.8. The van der Waals surface area contributed by atoms with Gasteiger partial charge in [0.1, 0.15) is 5.69 Å². The Morgan fingerprint density at radius 3 is 2.71 bits per heavy atom. The summed E-state index contributed by atoms with van der Waals surface area (Å²) in [5.41, 5.74) is 2.15.